The van der Waals surface area contributed by atoms with Crippen LogP contribution in [0.3, 0.4) is 0 Å². The van der Waals surface area contributed by atoms with Crippen molar-refractivity contribution in [2.75, 3.05) is 44.8 Å². The third-order valence-corrected chi connectivity index (χ3v) is 7.17. The maximum absolute atomic E-state index is 13.4. The van der Waals surface area contributed by atoms with Crippen LogP contribution >= 0.6 is 0 Å². The molecule has 5 rings (SSSR count). The fourth-order valence-corrected chi connectivity index (χ4v) is 5.06. The Kier molecular flexibility index (Phi) is 7.67. The van der Waals surface area contributed by atoms with Crippen molar-refractivity contribution in [3.05, 3.63) is 81.4 Å². The molecule has 4 aromatic rings. The van der Waals surface area contributed by atoms with Crippen LogP contribution in [0.5, 0.6) is 0 Å². The molecule has 3 heterocycles. The predicted molar refractivity (Wildman–Crippen MR) is 141 cm³/mol. The molecule has 0 bridgehead atoms. The van der Waals surface area contributed by atoms with Crippen molar-refractivity contribution in [1.29, 1.82) is 0 Å². The Balaban J connectivity index is 1.49. The second kappa shape index (κ2) is 11.1. The summed E-state index contributed by atoms with van der Waals surface area (Å²) in [5, 5.41) is 13.2. The van der Waals surface area contributed by atoms with Crippen LogP contribution in [0.4, 0.5) is 18.9 Å². The first-order valence-electron chi connectivity index (χ1n) is 12.9. The van der Waals surface area contributed by atoms with E-state index in [1.807, 2.05) is 23.1 Å². The van der Waals surface area contributed by atoms with E-state index in [1.165, 1.54) is 12.1 Å². The summed E-state index contributed by atoms with van der Waals surface area (Å²) in [6, 6.07) is 12.7. The average Bonchev–Trinajstić information content (AvgIpc) is 3.40. The van der Waals surface area contributed by atoms with Gasteiger partial charge in [0.2, 0.25) is 0 Å². The Labute approximate surface area is 223 Å². The summed E-state index contributed by atoms with van der Waals surface area (Å²) in [5.41, 5.74) is 2.01. The van der Waals surface area contributed by atoms with Crippen molar-refractivity contribution in [3.8, 4) is 0 Å². The number of nitrogens with zero attached hydrogens (tertiary/aromatic N) is 6. The third-order valence-electron chi connectivity index (χ3n) is 7.17. The molecule has 0 amide bonds. The van der Waals surface area contributed by atoms with Crippen molar-refractivity contribution in [3.63, 3.8) is 0 Å². The van der Waals surface area contributed by atoms with Crippen LogP contribution in [-0.4, -0.2) is 70.0 Å². The standard InChI is InChI=1S/C27H30F3N7O2/c1-3-18-7-8-23-19(15-18)16-22(26(38)31-23)24(25-32-33-34-37(25)13-14-39-2)36-11-9-35(10-12-36)21-6-4-5-20(17-21)27(28,29)30/h4-8,15-17,24H,3,9-14H2,1-2H3,(H,31,38)/t24-/m0/s1. The Morgan fingerprint density at radius 2 is 1.87 bits per heavy atom. The van der Waals surface area contributed by atoms with E-state index in [0.717, 1.165) is 29.0 Å². The van der Waals surface area contributed by atoms with Gasteiger partial charge in [-0.15, -0.1) is 5.10 Å². The average molecular weight is 542 g/mol. The number of hydrogen-bond acceptors (Lipinski definition) is 7. The van der Waals surface area contributed by atoms with Crippen molar-refractivity contribution >= 4 is 16.6 Å². The fraction of sp³-hybridized carbons (Fsp3) is 0.407. The highest BCUT2D eigenvalue weighted by molar-refractivity contribution is 5.80. The molecular formula is C27H30F3N7O2. The van der Waals surface area contributed by atoms with E-state index in [-0.39, 0.29) is 5.56 Å². The second-order valence-electron chi connectivity index (χ2n) is 9.56. The van der Waals surface area contributed by atoms with E-state index in [9.17, 15) is 18.0 Å². The minimum absolute atomic E-state index is 0.238. The molecule has 1 saturated heterocycles. The maximum Gasteiger partial charge on any atom is 0.416 e. The number of tetrazole rings is 1. The van der Waals surface area contributed by atoms with Crippen LogP contribution in [0.25, 0.3) is 10.9 Å². The lowest BCUT2D eigenvalue weighted by Gasteiger charge is -2.39. The lowest BCUT2D eigenvalue weighted by Crippen LogP contribution is -2.49. The molecule has 2 aromatic carbocycles. The van der Waals surface area contributed by atoms with Gasteiger partial charge in [0.05, 0.1) is 18.7 Å². The van der Waals surface area contributed by atoms with Crippen molar-refractivity contribution in [2.45, 2.75) is 32.1 Å². The number of aromatic nitrogens is 5. The summed E-state index contributed by atoms with van der Waals surface area (Å²) in [6.07, 6.45) is -3.54. The van der Waals surface area contributed by atoms with Crippen LogP contribution in [-0.2, 0) is 23.9 Å². The minimum Gasteiger partial charge on any atom is -0.383 e. The Bertz CT molecular complexity index is 1490. The van der Waals surface area contributed by atoms with E-state index in [0.29, 0.717) is 56.4 Å². The molecule has 12 heteroatoms. The van der Waals surface area contributed by atoms with Gasteiger partial charge in [0, 0.05) is 50.1 Å². The number of H-pyrrole nitrogens is 1. The molecule has 1 atom stereocenters. The smallest absolute Gasteiger partial charge is 0.383 e. The zero-order valence-electron chi connectivity index (χ0n) is 21.8. The minimum atomic E-state index is -4.41. The number of methoxy groups -OCH3 is 1. The summed E-state index contributed by atoms with van der Waals surface area (Å²) >= 11 is 0. The molecule has 0 unspecified atom stereocenters. The molecule has 0 saturated carbocycles. The lowest BCUT2D eigenvalue weighted by atomic mass is 10.0. The molecule has 39 heavy (non-hydrogen) atoms. The van der Waals surface area contributed by atoms with Gasteiger partial charge in [-0.25, -0.2) is 4.68 Å². The summed E-state index contributed by atoms with van der Waals surface area (Å²) < 4.78 is 46.7. The number of fused-ring (bicyclic) bond motifs is 1. The molecule has 1 fully saturated rings. The largest absolute Gasteiger partial charge is 0.416 e. The first-order valence-corrected chi connectivity index (χ1v) is 12.9. The van der Waals surface area contributed by atoms with Gasteiger partial charge in [-0.1, -0.05) is 19.1 Å². The first-order chi connectivity index (χ1) is 18.8. The summed E-state index contributed by atoms with van der Waals surface area (Å²) in [6.45, 7) is 4.80. The van der Waals surface area contributed by atoms with Gasteiger partial charge in [0.1, 0.15) is 6.04 Å². The molecule has 1 N–H and O–H groups in total. The van der Waals surface area contributed by atoms with Gasteiger partial charge in [0.25, 0.3) is 5.56 Å². The number of aromatic amines is 1. The Morgan fingerprint density at radius 3 is 2.59 bits per heavy atom. The number of nitrogens with one attached hydrogen (secondary N) is 1. The van der Waals surface area contributed by atoms with Gasteiger partial charge in [-0.05, 0) is 64.2 Å². The van der Waals surface area contributed by atoms with E-state index in [1.54, 1.807) is 17.9 Å². The van der Waals surface area contributed by atoms with Crippen LogP contribution in [0.2, 0.25) is 0 Å². The number of ether oxygens (including phenoxy) is 1. The number of hydrogen-bond donors (Lipinski definition) is 1. The molecule has 9 nitrogen and oxygen atoms in total. The van der Waals surface area contributed by atoms with E-state index in [4.69, 9.17) is 4.74 Å². The van der Waals surface area contributed by atoms with Crippen LogP contribution in [0.15, 0.2) is 53.3 Å². The Morgan fingerprint density at radius 1 is 1.08 bits per heavy atom. The van der Waals surface area contributed by atoms with E-state index in [2.05, 4.69) is 38.4 Å². The van der Waals surface area contributed by atoms with E-state index < -0.39 is 17.8 Å². The van der Waals surface area contributed by atoms with Crippen molar-refractivity contribution < 1.29 is 17.9 Å². The fourth-order valence-electron chi connectivity index (χ4n) is 5.06. The van der Waals surface area contributed by atoms with Crippen LogP contribution < -0.4 is 10.5 Å². The molecule has 206 valence electrons. The van der Waals surface area contributed by atoms with Gasteiger partial charge in [0.15, 0.2) is 5.82 Å². The SMILES string of the molecule is CCc1ccc2[nH]c(=O)c([C@@H](c3nnnn3CCOC)N3CCN(c4cccc(C(F)(F)F)c4)CC3)cc2c1. The number of benzene rings is 2. The predicted octanol–water partition coefficient (Wildman–Crippen LogP) is 3.65. The quantitative estimate of drug-likeness (QED) is 0.364. The maximum atomic E-state index is 13.4. The molecular weight excluding hydrogens is 511 g/mol. The van der Waals surface area contributed by atoms with Gasteiger partial charge >= 0.3 is 6.18 Å². The van der Waals surface area contributed by atoms with Crippen LogP contribution in [0.1, 0.15) is 35.5 Å². The molecule has 0 radical (unpaired) electrons. The van der Waals surface area contributed by atoms with Crippen LogP contribution in [0, 0.1) is 0 Å². The number of anilines is 1. The monoisotopic (exact) mass is 541 g/mol. The zero-order chi connectivity index (χ0) is 27.6. The van der Waals surface area contributed by atoms with Gasteiger partial charge < -0.3 is 14.6 Å². The highest BCUT2D eigenvalue weighted by atomic mass is 19.4. The highest BCUT2D eigenvalue weighted by Crippen LogP contribution is 2.33. The normalized spacial score (nSPS) is 15.7. The number of aryl methyl sites for hydroxylation is 1. The first kappa shape index (κ1) is 26.8. The summed E-state index contributed by atoms with van der Waals surface area (Å²) in [5.74, 6) is 0.510. The number of rotatable bonds is 8. The number of pyridine rings is 1. The third kappa shape index (κ3) is 5.66. The molecule has 0 aliphatic carbocycles. The summed E-state index contributed by atoms with van der Waals surface area (Å²) in [4.78, 5) is 20.5. The summed E-state index contributed by atoms with van der Waals surface area (Å²) in [7, 11) is 1.59. The number of piperazine rings is 1. The molecule has 1 aliphatic rings. The Hall–Kier alpha value is -3.77. The lowest BCUT2D eigenvalue weighted by molar-refractivity contribution is -0.137. The topological polar surface area (TPSA) is 92.2 Å². The highest BCUT2D eigenvalue weighted by Gasteiger charge is 2.34. The molecule has 1 aliphatic heterocycles. The number of alkyl halides is 3. The van der Waals surface area contributed by atoms with Gasteiger partial charge in [-0.3, -0.25) is 9.69 Å². The van der Waals surface area contributed by atoms with Crippen molar-refractivity contribution in [2.24, 2.45) is 0 Å². The second-order valence-corrected chi connectivity index (χ2v) is 9.56. The zero-order valence-corrected chi connectivity index (χ0v) is 21.8. The van der Waals surface area contributed by atoms with E-state index >= 15 is 0 Å². The molecule has 2 aromatic heterocycles. The van der Waals surface area contributed by atoms with Crippen molar-refractivity contribution in [1.82, 2.24) is 30.1 Å². The number of halogens is 3. The van der Waals surface area contributed by atoms with Gasteiger partial charge in [-0.2, -0.15) is 13.2 Å². The molecule has 0 spiro atoms.